The number of carbonyl (C=O) groups is 1. The molecule has 0 amide bonds. The first-order valence-electron chi connectivity index (χ1n) is 7.23. The van der Waals surface area contributed by atoms with Crippen molar-refractivity contribution < 1.29 is 9.53 Å². The lowest BCUT2D eigenvalue weighted by Gasteiger charge is -2.10. The zero-order chi connectivity index (χ0) is 15.9. The highest BCUT2D eigenvalue weighted by molar-refractivity contribution is 6.30. The van der Waals surface area contributed by atoms with Crippen LogP contribution >= 0.6 is 23.2 Å². The molecule has 22 heavy (non-hydrogen) atoms. The minimum atomic E-state index is -0.250. The Balaban J connectivity index is 1.97. The van der Waals surface area contributed by atoms with Crippen LogP contribution in [0.25, 0.3) is 11.1 Å². The number of esters is 1. The number of hydrogen-bond donors (Lipinski definition) is 0. The highest BCUT2D eigenvalue weighted by Gasteiger charge is 2.12. The molecule has 2 nitrogen and oxygen atoms in total. The maximum absolute atomic E-state index is 11.4. The van der Waals surface area contributed by atoms with Gasteiger partial charge in [-0.15, -0.1) is 11.6 Å². The van der Waals surface area contributed by atoms with Gasteiger partial charge in [-0.25, -0.2) is 0 Å². The van der Waals surface area contributed by atoms with Gasteiger partial charge in [0.05, 0.1) is 13.0 Å². The molecule has 4 heteroatoms. The Hall–Kier alpha value is -1.51. The fourth-order valence-electron chi connectivity index (χ4n) is 2.20. The predicted molar refractivity (Wildman–Crippen MR) is 91.5 cm³/mol. The van der Waals surface area contributed by atoms with Crippen LogP contribution in [0.15, 0.2) is 48.5 Å². The molecule has 0 aliphatic heterocycles. The van der Waals surface area contributed by atoms with Crippen molar-refractivity contribution in [2.24, 2.45) is 0 Å². The first-order chi connectivity index (χ1) is 10.6. The van der Waals surface area contributed by atoms with E-state index in [1.54, 1.807) is 6.92 Å². The lowest BCUT2D eigenvalue weighted by molar-refractivity contribution is -0.143. The van der Waals surface area contributed by atoms with Gasteiger partial charge in [0.25, 0.3) is 0 Å². The van der Waals surface area contributed by atoms with Crippen molar-refractivity contribution in [3.63, 3.8) is 0 Å². The Bertz CT molecular complexity index is 606. The molecule has 0 N–H and O–H groups in total. The summed E-state index contributed by atoms with van der Waals surface area (Å²) >= 11 is 12.1. The molecule has 0 spiro atoms. The molecule has 2 aromatic rings. The molecule has 0 aromatic heterocycles. The molecule has 0 heterocycles. The summed E-state index contributed by atoms with van der Waals surface area (Å²) in [6.45, 7) is 2.18. The normalized spacial score (nSPS) is 12.0. The van der Waals surface area contributed by atoms with Crippen molar-refractivity contribution >= 4 is 29.2 Å². The molecular formula is C18H18Cl2O2. The maximum atomic E-state index is 11.4. The SMILES string of the molecule is CCOC(=O)CC(Cl)Cc1ccc(-c2ccc(Cl)cc2)cc1. The monoisotopic (exact) mass is 336 g/mol. The van der Waals surface area contributed by atoms with E-state index in [0.717, 1.165) is 21.7 Å². The lowest BCUT2D eigenvalue weighted by atomic mass is 10.0. The first kappa shape index (κ1) is 16.9. The Kier molecular flexibility index (Phi) is 6.29. The van der Waals surface area contributed by atoms with Crippen molar-refractivity contribution in [1.82, 2.24) is 0 Å². The summed E-state index contributed by atoms with van der Waals surface area (Å²) in [6, 6.07) is 15.9. The number of carbonyl (C=O) groups excluding carboxylic acids is 1. The van der Waals surface area contributed by atoms with E-state index in [-0.39, 0.29) is 17.8 Å². The van der Waals surface area contributed by atoms with E-state index < -0.39 is 0 Å². The molecule has 0 aliphatic carbocycles. The van der Waals surface area contributed by atoms with Crippen LogP contribution in [0.3, 0.4) is 0 Å². The average Bonchev–Trinajstić information content (AvgIpc) is 2.49. The molecular weight excluding hydrogens is 319 g/mol. The predicted octanol–water partition coefficient (Wildman–Crippen LogP) is 5.11. The van der Waals surface area contributed by atoms with E-state index in [1.807, 2.05) is 48.5 Å². The van der Waals surface area contributed by atoms with Gasteiger partial charge in [-0.3, -0.25) is 4.79 Å². The summed E-state index contributed by atoms with van der Waals surface area (Å²) in [5.74, 6) is -0.250. The van der Waals surface area contributed by atoms with Crippen molar-refractivity contribution in [1.29, 1.82) is 0 Å². The fourth-order valence-corrected chi connectivity index (χ4v) is 2.63. The minimum absolute atomic E-state index is 0.230. The van der Waals surface area contributed by atoms with E-state index in [4.69, 9.17) is 27.9 Å². The second-order valence-electron chi connectivity index (χ2n) is 5.01. The third kappa shape index (κ3) is 5.04. The van der Waals surface area contributed by atoms with Crippen LogP contribution in [0.1, 0.15) is 18.9 Å². The number of hydrogen-bond acceptors (Lipinski definition) is 2. The molecule has 1 atom stereocenters. The van der Waals surface area contributed by atoms with Crippen LogP contribution in [0.4, 0.5) is 0 Å². The van der Waals surface area contributed by atoms with Crippen LogP contribution < -0.4 is 0 Å². The van der Waals surface area contributed by atoms with E-state index in [9.17, 15) is 4.79 Å². The third-order valence-electron chi connectivity index (χ3n) is 3.28. The topological polar surface area (TPSA) is 26.3 Å². The zero-order valence-electron chi connectivity index (χ0n) is 12.4. The highest BCUT2D eigenvalue weighted by Crippen LogP contribution is 2.23. The summed E-state index contributed by atoms with van der Waals surface area (Å²) in [5.41, 5.74) is 3.34. The van der Waals surface area contributed by atoms with Gasteiger partial charge in [0.15, 0.2) is 0 Å². The molecule has 2 rings (SSSR count). The van der Waals surface area contributed by atoms with E-state index in [2.05, 4.69) is 0 Å². The van der Waals surface area contributed by atoms with Gasteiger partial charge >= 0.3 is 5.97 Å². The smallest absolute Gasteiger partial charge is 0.307 e. The van der Waals surface area contributed by atoms with Crippen molar-refractivity contribution in [2.45, 2.75) is 25.1 Å². The van der Waals surface area contributed by atoms with E-state index in [1.165, 1.54) is 0 Å². The van der Waals surface area contributed by atoms with Gasteiger partial charge in [-0.1, -0.05) is 48.0 Å². The van der Waals surface area contributed by atoms with Crippen molar-refractivity contribution in [2.75, 3.05) is 6.61 Å². The van der Waals surface area contributed by atoms with Crippen LogP contribution in [0, 0.1) is 0 Å². The first-order valence-corrected chi connectivity index (χ1v) is 8.04. The molecule has 0 saturated carbocycles. The van der Waals surface area contributed by atoms with Gasteiger partial charge in [-0.2, -0.15) is 0 Å². The molecule has 0 fully saturated rings. The molecule has 0 aliphatic rings. The largest absolute Gasteiger partial charge is 0.466 e. The number of benzene rings is 2. The number of alkyl halides is 1. The fraction of sp³-hybridized carbons (Fsp3) is 0.278. The molecule has 1 unspecified atom stereocenters. The van der Waals surface area contributed by atoms with E-state index >= 15 is 0 Å². The quantitative estimate of drug-likeness (QED) is 0.541. The van der Waals surface area contributed by atoms with Gasteiger partial charge < -0.3 is 4.74 Å². The number of rotatable bonds is 6. The highest BCUT2D eigenvalue weighted by atomic mass is 35.5. The van der Waals surface area contributed by atoms with Gasteiger partial charge in [0.1, 0.15) is 0 Å². The third-order valence-corrected chi connectivity index (χ3v) is 3.84. The van der Waals surface area contributed by atoms with Crippen molar-refractivity contribution in [3.05, 3.63) is 59.1 Å². The van der Waals surface area contributed by atoms with Crippen LogP contribution in [0.2, 0.25) is 5.02 Å². The van der Waals surface area contributed by atoms with Gasteiger partial charge in [0, 0.05) is 10.4 Å². The summed E-state index contributed by atoms with van der Waals surface area (Å²) in [4.78, 5) is 11.4. The summed E-state index contributed by atoms with van der Waals surface area (Å²) in [6.07, 6.45) is 0.871. The summed E-state index contributed by atoms with van der Waals surface area (Å²) < 4.78 is 4.90. The standard InChI is InChI=1S/C18H18Cl2O2/c1-2-22-18(21)12-17(20)11-13-3-5-14(6-4-13)15-7-9-16(19)10-8-15/h3-10,17H,2,11-12H2,1H3. The van der Waals surface area contributed by atoms with Crippen molar-refractivity contribution in [3.8, 4) is 11.1 Å². The Morgan fingerprint density at radius 3 is 2.14 bits per heavy atom. The number of halogens is 2. The second kappa shape index (κ2) is 8.21. The molecule has 0 radical (unpaired) electrons. The average molecular weight is 337 g/mol. The summed E-state index contributed by atoms with van der Waals surface area (Å²) in [5, 5.41) is 0.477. The van der Waals surface area contributed by atoms with Gasteiger partial charge in [-0.05, 0) is 42.2 Å². The minimum Gasteiger partial charge on any atom is -0.466 e. The molecule has 0 saturated heterocycles. The molecule has 0 bridgehead atoms. The lowest BCUT2D eigenvalue weighted by Crippen LogP contribution is -2.13. The maximum Gasteiger partial charge on any atom is 0.307 e. The Labute approximate surface area is 141 Å². The second-order valence-corrected chi connectivity index (χ2v) is 6.07. The Morgan fingerprint density at radius 1 is 1.05 bits per heavy atom. The molecule has 116 valence electrons. The zero-order valence-corrected chi connectivity index (χ0v) is 13.9. The van der Waals surface area contributed by atoms with Crippen LogP contribution in [-0.4, -0.2) is 18.0 Å². The van der Waals surface area contributed by atoms with Gasteiger partial charge in [0.2, 0.25) is 0 Å². The number of ether oxygens (including phenoxy) is 1. The Morgan fingerprint density at radius 2 is 1.59 bits per heavy atom. The summed E-state index contributed by atoms with van der Waals surface area (Å²) in [7, 11) is 0. The van der Waals surface area contributed by atoms with Crippen LogP contribution in [0.5, 0.6) is 0 Å². The van der Waals surface area contributed by atoms with E-state index in [0.29, 0.717) is 13.0 Å². The van der Waals surface area contributed by atoms with Crippen LogP contribution in [-0.2, 0) is 16.0 Å². The molecule has 2 aromatic carbocycles.